The summed E-state index contributed by atoms with van der Waals surface area (Å²) in [5, 5.41) is 16.2. The molecule has 4 N–H and O–H groups in total. The van der Waals surface area contributed by atoms with Crippen molar-refractivity contribution in [3.05, 3.63) is 66.0 Å². The Bertz CT molecular complexity index is 1190. The summed E-state index contributed by atoms with van der Waals surface area (Å²) in [5.41, 5.74) is 8.73. The third-order valence-electron chi connectivity index (χ3n) is 5.57. The largest absolute Gasteiger partial charge is 0.471 e. The first-order valence-electron chi connectivity index (χ1n) is 10.2. The molecular formula is C22H22F2N6O. The van der Waals surface area contributed by atoms with E-state index in [1.165, 1.54) is 0 Å². The number of benzene rings is 2. The van der Waals surface area contributed by atoms with Gasteiger partial charge in [-0.25, -0.2) is 8.78 Å². The lowest BCUT2D eigenvalue weighted by Gasteiger charge is -2.22. The lowest BCUT2D eigenvalue weighted by Crippen LogP contribution is -2.29. The minimum atomic E-state index is -1.01. The van der Waals surface area contributed by atoms with Crippen LogP contribution in [0.5, 0.6) is 5.75 Å². The topological polar surface area (TPSA) is 93.8 Å². The molecule has 2 aromatic heterocycles. The molecule has 3 heterocycles. The number of hydrogen-bond acceptors (Lipinski definition) is 5. The van der Waals surface area contributed by atoms with Crippen LogP contribution in [0.25, 0.3) is 22.2 Å². The summed E-state index contributed by atoms with van der Waals surface area (Å²) in [6.45, 7) is 1.97. The van der Waals surface area contributed by atoms with Crippen LogP contribution in [0, 0.1) is 11.6 Å². The first-order valence-corrected chi connectivity index (χ1v) is 10.2. The number of nitrogens with one attached hydrogen (secondary N) is 2. The van der Waals surface area contributed by atoms with Crippen LogP contribution in [0.4, 0.5) is 8.78 Å². The van der Waals surface area contributed by atoms with Gasteiger partial charge >= 0.3 is 0 Å². The third-order valence-corrected chi connectivity index (χ3v) is 5.57. The fraction of sp³-hybridized carbons (Fsp3) is 0.273. The molecule has 0 saturated carbocycles. The normalized spacial score (nSPS) is 16.0. The fourth-order valence-electron chi connectivity index (χ4n) is 3.97. The van der Waals surface area contributed by atoms with Crippen LogP contribution in [0.3, 0.4) is 0 Å². The molecule has 7 nitrogen and oxygen atoms in total. The van der Waals surface area contributed by atoms with E-state index in [0.717, 1.165) is 66.3 Å². The number of fused-ring (bicyclic) bond motifs is 1. The fourth-order valence-corrected chi connectivity index (χ4v) is 3.97. The standard InChI is InChI=1S/C22H22F2N6O/c23-15-7-13(8-16(24)9-15)22(25)31-18-1-2-20-19(10-18)21(29-28-20)14-11-27-30(12-14)17-3-5-26-6-4-17/h1-2,7-12,17,22,26H,3-6,25H2,(H,28,29)/t22-/m0/s1. The zero-order valence-corrected chi connectivity index (χ0v) is 16.7. The number of piperidine rings is 1. The van der Waals surface area contributed by atoms with Crippen molar-refractivity contribution in [3.63, 3.8) is 0 Å². The van der Waals surface area contributed by atoms with Crippen molar-refractivity contribution in [2.45, 2.75) is 25.1 Å². The second kappa shape index (κ2) is 8.09. The van der Waals surface area contributed by atoms with Crippen LogP contribution in [0.2, 0.25) is 0 Å². The predicted molar refractivity (Wildman–Crippen MR) is 112 cm³/mol. The number of nitrogens with zero attached hydrogens (tertiary/aromatic N) is 3. The maximum Gasteiger partial charge on any atom is 0.174 e. The Labute approximate surface area is 177 Å². The molecule has 2 aromatic carbocycles. The summed E-state index contributed by atoms with van der Waals surface area (Å²) >= 11 is 0. The summed E-state index contributed by atoms with van der Waals surface area (Å²) < 4.78 is 34.8. The Kier molecular flexibility index (Phi) is 5.13. The van der Waals surface area contributed by atoms with Gasteiger partial charge in [-0.2, -0.15) is 10.2 Å². The summed E-state index contributed by atoms with van der Waals surface area (Å²) in [7, 11) is 0. The Morgan fingerprint density at radius 3 is 2.65 bits per heavy atom. The molecule has 0 unspecified atom stereocenters. The zero-order chi connectivity index (χ0) is 21.4. The highest BCUT2D eigenvalue weighted by Crippen LogP contribution is 2.31. The van der Waals surface area contributed by atoms with Gasteiger partial charge in [-0.05, 0) is 56.3 Å². The van der Waals surface area contributed by atoms with Crippen molar-refractivity contribution >= 4 is 10.9 Å². The molecule has 1 aliphatic rings. The Hall–Kier alpha value is -3.30. The third kappa shape index (κ3) is 4.01. The Balaban J connectivity index is 1.41. The van der Waals surface area contributed by atoms with Gasteiger partial charge in [0, 0.05) is 28.8 Å². The van der Waals surface area contributed by atoms with Crippen LogP contribution in [-0.2, 0) is 0 Å². The van der Waals surface area contributed by atoms with E-state index in [4.69, 9.17) is 10.5 Å². The van der Waals surface area contributed by atoms with Crippen molar-refractivity contribution in [1.82, 2.24) is 25.3 Å². The summed E-state index contributed by atoms with van der Waals surface area (Å²) in [5.74, 6) is -0.933. The van der Waals surface area contributed by atoms with E-state index < -0.39 is 17.9 Å². The minimum Gasteiger partial charge on any atom is -0.471 e. The average Bonchev–Trinajstić information content (AvgIpc) is 3.40. The molecule has 4 aromatic rings. The van der Waals surface area contributed by atoms with Gasteiger partial charge in [0.2, 0.25) is 0 Å². The van der Waals surface area contributed by atoms with Gasteiger partial charge in [-0.3, -0.25) is 15.5 Å². The minimum absolute atomic E-state index is 0.216. The first-order chi connectivity index (χ1) is 15.1. The first kappa shape index (κ1) is 19.7. The van der Waals surface area contributed by atoms with Crippen LogP contribution in [0.1, 0.15) is 30.7 Å². The lowest BCUT2D eigenvalue weighted by atomic mass is 10.1. The molecule has 0 bridgehead atoms. The molecule has 31 heavy (non-hydrogen) atoms. The molecule has 0 radical (unpaired) electrons. The molecule has 5 rings (SSSR count). The zero-order valence-electron chi connectivity index (χ0n) is 16.7. The second-order valence-corrected chi connectivity index (χ2v) is 7.71. The van der Waals surface area contributed by atoms with Crippen LogP contribution in [-0.4, -0.2) is 33.1 Å². The van der Waals surface area contributed by atoms with E-state index in [9.17, 15) is 8.78 Å². The monoisotopic (exact) mass is 424 g/mol. The molecule has 160 valence electrons. The average molecular weight is 424 g/mol. The van der Waals surface area contributed by atoms with E-state index in [-0.39, 0.29) is 5.56 Å². The van der Waals surface area contributed by atoms with E-state index in [2.05, 4.69) is 20.6 Å². The van der Waals surface area contributed by atoms with Gasteiger partial charge in [-0.1, -0.05) is 0 Å². The number of aromatic amines is 1. The SMILES string of the molecule is N[C@@H](Oc1ccc2[nH]nc(-c3cnn(C4CCNCC4)c3)c2c1)c1cc(F)cc(F)c1. The van der Waals surface area contributed by atoms with Crippen molar-refractivity contribution in [3.8, 4) is 17.0 Å². The van der Waals surface area contributed by atoms with E-state index in [0.29, 0.717) is 11.8 Å². The van der Waals surface area contributed by atoms with Crippen LogP contribution >= 0.6 is 0 Å². The second-order valence-electron chi connectivity index (χ2n) is 7.71. The highest BCUT2D eigenvalue weighted by molar-refractivity contribution is 5.93. The smallest absolute Gasteiger partial charge is 0.174 e. The van der Waals surface area contributed by atoms with E-state index >= 15 is 0 Å². The number of ether oxygens (including phenoxy) is 1. The van der Waals surface area contributed by atoms with E-state index in [1.54, 1.807) is 6.07 Å². The molecule has 1 aliphatic heterocycles. The summed E-state index contributed by atoms with van der Waals surface area (Å²) in [6, 6.07) is 8.87. The van der Waals surface area contributed by atoms with Crippen molar-refractivity contribution in [2.24, 2.45) is 5.73 Å². The number of aromatic nitrogens is 4. The Morgan fingerprint density at radius 2 is 1.87 bits per heavy atom. The molecule has 1 fully saturated rings. The maximum absolute atomic E-state index is 13.5. The maximum atomic E-state index is 13.5. The van der Waals surface area contributed by atoms with Gasteiger partial charge in [-0.15, -0.1) is 0 Å². The van der Waals surface area contributed by atoms with Crippen LogP contribution < -0.4 is 15.8 Å². The number of nitrogens with two attached hydrogens (primary N) is 1. The molecule has 1 saturated heterocycles. The number of halogens is 2. The molecule has 1 atom stereocenters. The molecule has 9 heteroatoms. The predicted octanol–water partition coefficient (Wildman–Crippen LogP) is 3.67. The number of H-pyrrole nitrogens is 1. The van der Waals surface area contributed by atoms with Gasteiger partial charge in [0.25, 0.3) is 0 Å². The highest BCUT2D eigenvalue weighted by atomic mass is 19.1. The van der Waals surface area contributed by atoms with Gasteiger partial charge in [0.15, 0.2) is 6.23 Å². The molecule has 0 spiro atoms. The summed E-state index contributed by atoms with van der Waals surface area (Å²) in [4.78, 5) is 0. The van der Waals surface area contributed by atoms with Crippen molar-refractivity contribution in [2.75, 3.05) is 13.1 Å². The lowest BCUT2D eigenvalue weighted by molar-refractivity contribution is 0.213. The van der Waals surface area contributed by atoms with E-state index in [1.807, 2.05) is 29.2 Å². The molecular weight excluding hydrogens is 402 g/mol. The van der Waals surface area contributed by atoms with Crippen LogP contribution in [0.15, 0.2) is 48.8 Å². The molecule has 0 aliphatic carbocycles. The van der Waals surface area contributed by atoms with Gasteiger partial charge in [0.05, 0.1) is 17.8 Å². The van der Waals surface area contributed by atoms with Gasteiger partial charge < -0.3 is 10.1 Å². The highest BCUT2D eigenvalue weighted by Gasteiger charge is 2.18. The van der Waals surface area contributed by atoms with Crippen molar-refractivity contribution in [1.29, 1.82) is 0 Å². The Morgan fingerprint density at radius 1 is 1.10 bits per heavy atom. The van der Waals surface area contributed by atoms with Crippen molar-refractivity contribution < 1.29 is 13.5 Å². The summed E-state index contributed by atoms with van der Waals surface area (Å²) in [6.07, 6.45) is 4.89. The number of hydrogen-bond donors (Lipinski definition) is 3. The molecule has 0 amide bonds. The number of rotatable bonds is 5. The van der Waals surface area contributed by atoms with Gasteiger partial charge in [0.1, 0.15) is 23.1 Å². The quantitative estimate of drug-likeness (QED) is 0.425.